The first-order valence-electron chi connectivity index (χ1n) is 5.42. The van der Waals surface area contributed by atoms with Gasteiger partial charge in [0.25, 0.3) is 0 Å². The average molecular weight is 265 g/mol. The van der Waals surface area contributed by atoms with Gasteiger partial charge in [0.2, 0.25) is 11.7 Å². The maximum Gasteiger partial charge on any atom is 0.213 e. The summed E-state index contributed by atoms with van der Waals surface area (Å²) in [6.07, 6.45) is 0. The summed E-state index contributed by atoms with van der Waals surface area (Å²) in [5.41, 5.74) is 1.80. The number of carbonyl (C=O) groups excluding carboxylic acids is 1. The van der Waals surface area contributed by atoms with E-state index in [1.54, 1.807) is 25.2 Å². The molecule has 0 spiro atoms. The Morgan fingerprint density at radius 3 is 2.67 bits per heavy atom. The number of aromatic nitrogens is 2. The number of aryl methyl sites for hydroxylation is 2. The van der Waals surface area contributed by atoms with Crippen molar-refractivity contribution in [2.45, 2.75) is 6.92 Å². The Morgan fingerprint density at radius 2 is 2.11 bits per heavy atom. The first-order chi connectivity index (χ1) is 8.52. The molecule has 5 heteroatoms. The molecule has 0 aliphatic rings. The van der Waals surface area contributed by atoms with Crippen molar-refractivity contribution in [2.75, 3.05) is 7.11 Å². The van der Waals surface area contributed by atoms with E-state index in [0.717, 1.165) is 5.56 Å². The van der Waals surface area contributed by atoms with Crippen LogP contribution in [0.25, 0.3) is 0 Å². The van der Waals surface area contributed by atoms with Gasteiger partial charge in [-0.25, -0.2) is 4.68 Å². The summed E-state index contributed by atoms with van der Waals surface area (Å²) in [4.78, 5) is 12.2. The van der Waals surface area contributed by atoms with E-state index in [-0.39, 0.29) is 5.78 Å². The molecule has 18 heavy (non-hydrogen) atoms. The van der Waals surface area contributed by atoms with Gasteiger partial charge < -0.3 is 4.74 Å². The molecule has 2 aromatic rings. The quantitative estimate of drug-likeness (QED) is 0.801. The second kappa shape index (κ2) is 4.82. The van der Waals surface area contributed by atoms with Crippen LogP contribution < -0.4 is 4.74 Å². The first kappa shape index (κ1) is 12.6. The van der Waals surface area contributed by atoms with Gasteiger partial charge in [0.15, 0.2) is 0 Å². The number of benzene rings is 1. The number of ketones is 1. The Balaban J connectivity index is 2.38. The molecule has 0 fully saturated rings. The second-order valence-electron chi connectivity index (χ2n) is 3.99. The minimum absolute atomic E-state index is 0.171. The average Bonchev–Trinajstić information content (AvgIpc) is 2.73. The number of methoxy groups -OCH3 is 1. The third kappa shape index (κ3) is 2.24. The summed E-state index contributed by atoms with van der Waals surface area (Å²) in [5, 5.41) is 4.68. The van der Waals surface area contributed by atoms with Crippen LogP contribution in [0.15, 0.2) is 24.3 Å². The van der Waals surface area contributed by atoms with Gasteiger partial charge in [0.05, 0.1) is 7.11 Å². The van der Waals surface area contributed by atoms with Crippen LogP contribution in [0.4, 0.5) is 0 Å². The van der Waals surface area contributed by atoms with Crippen molar-refractivity contribution in [1.82, 2.24) is 9.78 Å². The molecule has 1 aromatic carbocycles. The molecule has 0 saturated heterocycles. The Bertz CT molecular complexity index is 605. The van der Waals surface area contributed by atoms with Crippen molar-refractivity contribution in [3.05, 3.63) is 46.1 Å². The third-order valence-electron chi connectivity index (χ3n) is 2.71. The smallest absolute Gasteiger partial charge is 0.213 e. The van der Waals surface area contributed by atoms with Crippen molar-refractivity contribution >= 4 is 17.4 Å². The summed E-state index contributed by atoms with van der Waals surface area (Å²) < 4.78 is 6.59. The van der Waals surface area contributed by atoms with Crippen LogP contribution >= 0.6 is 11.6 Å². The predicted molar refractivity (Wildman–Crippen MR) is 69.4 cm³/mol. The lowest BCUT2D eigenvalue weighted by Crippen LogP contribution is -2.03. The highest BCUT2D eigenvalue weighted by Gasteiger charge is 2.15. The van der Waals surface area contributed by atoms with Crippen LogP contribution in [0.5, 0.6) is 5.88 Å². The second-order valence-corrected chi connectivity index (χ2v) is 4.40. The van der Waals surface area contributed by atoms with E-state index in [1.165, 1.54) is 11.8 Å². The molecule has 1 aromatic heterocycles. The van der Waals surface area contributed by atoms with Crippen molar-refractivity contribution < 1.29 is 9.53 Å². The highest BCUT2D eigenvalue weighted by molar-refractivity contribution is 6.31. The molecule has 0 atom stereocenters. The monoisotopic (exact) mass is 264 g/mol. The molecule has 0 saturated carbocycles. The zero-order valence-corrected chi connectivity index (χ0v) is 11.2. The van der Waals surface area contributed by atoms with Crippen LogP contribution in [-0.2, 0) is 7.05 Å². The molecule has 0 aliphatic heterocycles. The Labute approximate surface area is 110 Å². The highest BCUT2D eigenvalue weighted by Crippen LogP contribution is 2.20. The van der Waals surface area contributed by atoms with Crippen molar-refractivity contribution in [3.8, 4) is 5.88 Å². The van der Waals surface area contributed by atoms with E-state index in [2.05, 4.69) is 5.10 Å². The summed E-state index contributed by atoms with van der Waals surface area (Å²) in [6, 6.07) is 6.82. The van der Waals surface area contributed by atoms with Gasteiger partial charge in [-0.05, 0) is 18.6 Å². The summed E-state index contributed by atoms with van der Waals surface area (Å²) in [6.45, 7) is 1.89. The molecule has 0 unspecified atom stereocenters. The maximum absolute atomic E-state index is 12.2. The number of carbonyl (C=O) groups is 1. The van der Waals surface area contributed by atoms with Crippen LogP contribution in [0.3, 0.4) is 0 Å². The van der Waals surface area contributed by atoms with Crippen molar-refractivity contribution in [3.63, 3.8) is 0 Å². The van der Waals surface area contributed by atoms with Crippen LogP contribution in [0.2, 0.25) is 5.02 Å². The minimum Gasteiger partial charge on any atom is -0.481 e. The lowest BCUT2D eigenvalue weighted by molar-refractivity contribution is 0.103. The third-order valence-corrected chi connectivity index (χ3v) is 3.12. The molecule has 0 radical (unpaired) electrons. The Morgan fingerprint density at radius 1 is 1.39 bits per heavy atom. The van der Waals surface area contributed by atoms with E-state index < -0.39 is 0 Å². The zero-order valence-electron chi connectivity index (χ0n) is 10.4. The fraction of sp³-hybridized carbons (Fsp3) is 0.231. The van der Waals surface area contributed by atoms with Crippen LogP contribution in [0, 0.1) is 6.92 Å². The lowest BCUT2D eigenvalue weighted by atomic mass is 10.1. The van der Waals surface area contributed by atoms with Gasteiger partial charge in [0, 0.05) is 23.7 Å². The van der Waals surface area contributed by atoms with Gasteiger partial charge >= 0.3 is 0 Å². The number of hydrogen-bond acceptors (Lipinski definition) is 3. The van der Waals surface area contributed by atoms with Gasteiger partial charge in [-0.2, -0.15) is 5.10 Å². The molecule has 0 N–H and O–H groups in total. The highest BCUT2D eigenvalue weighted by atomic mass is 35.5. The molecule has 2 rings (SSSR count). The molecular formula is C13H13ClN2O2. The number of rotatable bonds is 3. The maximum atomic E-state index is 12.2. The van der Waals surface area contributed by atoms with Crippen molar-refractivity contribution in [2.24, 2.45) is 7.05 Å². The number of halogens is 1. The molecule has 94 valence electrons. The fourth-order valence-electron chi connectivity index (χ4n) is 1.63. The Hall–Kier alpha value is -1.81. The molecule has 4 nitrogen and oxygen atoms in total. The molecule has 1 heterocycles. The summed E-state index contributed by atoms with van der Waals surface area (Å²) >= 11 is 6.01. The van der Waals surface area contributed by atoms with E-state index >= 15 is 0 Å². The largest absolute Gasteiger partial charge is 0.481 e. The molecule has 0 amide bonds. The van der Waals surface area contributed by atoms with E-state index in [4.69, 9.17) is 16.3 Å². The lowest BCUT2D eigenvalue weighted by Gasteiger charge is -2.01. The van der Waals surface area contributed by atoms with E-state index in [9.17, 15) is 4.79 Å². The number of ether oxygens (including phenoxy) is 1. The van der Waals surface area contributed by atoms with Gasteiger partial charge in [0.1, 0.15) is 5.69 Å². The standard InChI is InChI=1S/C13H13ClN2O2/c1-8-4-5-9(6-10(8)14)13(17)11-7-12(18-3)16(2)15-11/h4-7H,1-3H3. The van der Waals surface area contributed by atoms with Gasteiger partial charge in [-0.15, -0.1) is 0 Å². The fourth-order valence-corrected chi connectivity index (χ4v) is 1.81. The molecule has 0 aliphatic carbocycles. The minimum atomic E-state index is -0.171. The topological polar surface area (TPSA) is 44.1 Å². The summed E-state index contributed by atoms with van der Waals surface area (Å²) in [7, 11) is 3.26. The van der Waals surface area contributed by atoms with E-state index in [1.807, 2.05) is 13.0 Å². The number of hydrogen-bond donors (Lipinski definition) is 0. The predicted octanol–water partition coefficient (Wildman–Crippen LogP) is 2.62. The molecule has 0 bridgehead atoms. The first-order valence-corrected chi connectivity index (χ1v) is 5.79. The van der Waals surface area contributed by atoms with Crippen molar-refractivity contribution in [1.29, 1.82) is 0 Å². The van der Waals surface area contributed by atoms with Gasteiger partial charge in [-0.1, -0.05) is 23.7 Å². The Kier molecular flexibility index (Phi) is 3.39. The SMILES string of the molecule is COc1cc(C(=O)c2ccc(C)c(Cl)c2)nn1C. The van der Waals surface area contributed by atoms with Crippen LogP contribution in [-0.4, -0.2) is 22.7 Å². The van der Waals surface area contributed by atoms with Crippen LogP contribution in [0.1, 0.15) is 21.6 Å². The normalized spacial score (nSPS) is 10.4. The molecular weight excluding hydrogens is 252 g/mol. The zero-order chi connectivity index (χ0) is 13.3. The summed E-state index contributed by atoms with van der Waals surface area (Å²) in [5.74, 6) is 0.368. The van der Waals surface area contributed by atoms with E-state index in [0.29, 0.717) is 22.2 Å². The van der Waals surface area contributed by atoms with Gasteiger partial charge in [-0.3, -0.25) is 4.79 Å². The number of nitrogens with zero attached hydrogens (tertiary/aromatic N) is 2.